The molecular weight excluding hydrogens is 240 g/mol. The minimum absolute atomic E-state index is 0.133. The second-order valence-electron chi connectivity index (χ2n) is 5.18. The lowest BCUT2D eigenvalue weighted by Gasteiger charge is -2.19. The first kappa shape index (κ1) is 15.7. The minimum Gasteiger partial charge on any atom is -0.432 e. The van der Waals surface area contributed by atoms with Crippen LogP contribution in [0.2, 0.25) is 0 Å². The van der Waals surface area contributed by atoms with Gasteiger partial charge in [0.15, 0.2) is 0 Å². The van der Waals surface area contributed by atoms with E-state index >= 15 is 0 Å². The molecule has 3 nitrogen and oxygen atoms in total. The topological polar surface area (TPSA) is 35.5 Å². The first-order valence-electron chi connectivity index (χ1n) is 6.83. The van der Waals surface area contributed by atoms with Crippen molar-refractivity contribution in [2.24, 2.45) is 5.92 Å². The maximum Gasteiger partial charge on any atom is 0.340 e. The van der Waals surface area contributed by atoms with Gasteiger partial charge in [-0.05, 0) is 30.0 Å². The molecule has 0 aliphatic carbocycles. The fourth-order valence-electron chi connectivity index (χ4n) is 1.81. The molecule has 0 aliphatic rings. The van der Waals surface area contributed by atoms with Crippen molar-refractivity contribution >= 4 is 5.97 Å². The van der Waals surface area contributed by atoms with Gasteiger partial charge in [0.1, 0.15) is 0 Å². The Morgan fingerprint density at radius 2 is 1.74 bits per heavy atom. The summed E-state index contributed by atoms with van der Waals surface area (Å²) in [6, 6.07) is 7.61. The van der Waals surface area contributed by atoms with Crippen LogP contribution in [0.4, 0.5) is 0 Å². The Hall–Kier alpha value is -1.35. The van der Waals surface area contributed by atoms with Crippen molar-refractivity contribution in [3.8, 4) is 0 Å². The maximum absolute atomic E-state index is 12.0. The van der Waals surface area contributed by atoms with E-state index in [9.17, 15) is 4.79 Å². The van der Waals surface area contributed by atoms with Gasteiger partial charge < -0.3 is 9.47 Å². The Labute approximate surface area is 115 Å². The van der Waals surface area contributed by atoms with Gasteiger partial charge in [-0.25, -0.2) is 4.79 Å². The summed E-state index contributed by atoms with van der Waals surface area (Å²) in [6.45, 7) is 8.23. The quantitative estimate of drug-likeness (QED) is 0.576. The molecule has 0 heterocycles. The molecule has 1 aromatic carbocycles. The smallest absolute Gasteiger partial charge is 0.340 e. The highest BCUT2D eigenvalue weighted by Crippen LogP contribution is 2.19. The van der Waals surface area contributed by atoms with E-state index < -0.39 is 6.29 Å². The molecule has 106 valence electrons. The summed E-state index contributed by atoms with van der Waals surface area (Å²) < 4.78 is 10.5. The van der Waals surface area contributed by atoms with E-state index in [-0.39, 0.29) is 11.9 Å². The Morgan fingerprint density at radius 3 is 2.16 bits per heavy atom. The lowest BCUT2D eigenvalue weighted by atomic mass is 9.98. The van der Waals surface area contributed by atoms with E-state index in [2.05, 4.69) is 13.8 Å². The lowest BCUT2D eigenvalue weighted by Crippen LogP contribution is -2.25. The molecule has 0 aromatic heterocycles. The largest absolute Gasteiger partial charge is 0.432 e. The zero-order chi connectivity index (χ0) is 14.4. The van der Waals surface area contributed by atoms with E-state index in [1.54, 1.807) is 7.11 Å². The number of hydrogen-bond acceptors (Lipinski definition) is 3. The summed E-state index contributed by atoms with van der Waals surface area (Å²) in [5, 5.41) is 0. The van der Waals surface area contributed by atoms with Crippen molar-refractivity contribution in [3.63, 3.8) is 0 Å². The fraction of sp³-hybridized carbons (Fsp3) is 0.562. The van der Waals surface area contributed by atoms with Crippen molar-refractivity contribution in [3.05, 3.63) is 35.4 Å². The Kier molecular flexibility index (Phi) is 6.03. The number of ether oxygens (including phenoxy) is 2. The predicted octanol–water partition coefficient (Wildman–Crippen LogP) is 3.99. The zero-order valence-corrected chi connectivity index (χ0v) is 12.5. The van der Waals surface area contributed by atoms with Gasteiger partial charge in [-0.2, -0.15) is 0 Å². The van der Waals surface area contributed by atoms with Crippen LogP contribution in [0.15, 0.2) is 24.3 Å². The summed E-state index contributed by atoms with van der Waals surface area (Å²) in [4.78, 5) is 12.0. The van der Waals surface area contributed by atoms with E-state index in [4.69, 9.17) is 9.47 Å². The number of carbonyl (C=O) groups excluding carboxylic acids is 1. The molecule has 0 N–H and O–H groups in total. The molecule has 0 bridgehead atoms. The van der Waals surface area contributed by atoms with Crippen LogP contribution >= 0.6 is 0 Å². The van der Waals surface area contributed by atoms with Crippen LogP contribution < -0.4 is 0 Å². The molecule has 19 heavy (non-hydrogen) atoms. The number of methoxy groups -OCH3 is 1. The second kappa shape index (κ2) is 7.29. The highest BCUT2D eigenvalue weighted by Gasteiger charge is 2.18. The average molecular weight is 264 g/mol. The standard InChI is InChI=1S/C16H24O3/c1-6-12(4)13-7-9-14(10-8-13)15(17)19-16(18-5)11(2)3/h7-12,16H,6H2,1-5H3. The van der Waals surface area contributed by atoms with Crippen molar-refractivity contribution in [2.45, 2.75) is 46.3 Å². The maximum atomic E-state index is 12.0. The van der Waals surface area contributed by atoms with Gasteiger partial charge in [0, 0.05) is 13.0 Å². The molecule has 0 saturated heterocycles. The molecule has 0 aliphatic heterocycles. The molecule has 2 unspecified atom stereocenters. The van der Waals surface area contributed by atoms with E-state index in [0.717, 1.165) is 6.42 Å². The molecule has 0 saturated carbocycles. The Morgan fingerprint density at radius 1 is 1.16 bits per heavy atom. The molecular formula is C16H24O3. The minimum atomic E-state index is -0.498. The van der Waals surface area contributed by atoms with Crippen molar-refractivity contribution in [2.75, 3.05) is 7.11 Å². The predicted molar refractivity (Wildman–Crippen MR) is 76.2 cm³/mol. The van der Waals surface area contributed by atoms with Crippen LogP contribution in [0.25, 0.3) is 0 Å². The normalized spacial score (nSPS) is 14.2. The molecule has 3 heteroatoms. The molecule has 0 radical (unpaired) electrons. The highest BCUT2D eigenvalue weighted by molar-refractivity contribution is 5.89. The van der Waals surface area contributed by atoms with Crippen LogP contribution in [0.1, 0.15) is 56.0 Å². The third-order valence-electron chi connectivity index (χ3n) is 3.33. The van der Waals surface area contributed by atoms with Crippen LogP contribution in [0.3, 0.4) is 0 Å². The summed E-state index contributed by atoms with van der Waals surface area (Å²) >= 11 is 0. The summed E-state index contributed by atoms with van der Waals surface area (Å²) in [7, 11) is 1.55. The SMILES string of the molecule is CCC(C)c1ccc(C(=O)OC(OC)C(C)C)cc1. The van der Waals surface area contributed by atoms with E-state index in [0.29, 0.717) is 11.5 Å². The van der Waals surface area contributed by atoms with Crippen LogP contribution in [0.5, 0.6) is 0 Å². The molecule has 0 fully saturated rings. The average Bonchev–Trinajstić information content (AvgIpc) is 2.43. The van der Waals surface area contributed by atoms with Gasteiger partial charge in [0.05, 0.1) is 5.56 Å². The third kappa shape index (κ3) is 4.35. The highest BCUT2D eigenvalue weighted by atomic mass is 16.7. The monoisotopic (exact) mass is 264 g/mol. The number of esters is 1. The molecule has 2 atom stereocenters. The Balaban J connectivity index is 2.72. The molecule has 0 amide bonds. The third-order valence-corrected chi connectivity index (χ3v) is 3.33. The van der Waals surface area contributed by atoms with E-state index in [1.165, 1.54) is 5.56 Å². The summed E-state index contributed by atoms with van der Waals surface area (Å²) in [6.07, 6.45) is 0.588. The second-order valence-corrected chi connectivity index (χ2v) is 5.18. The van der Waals surface area contributed by atoms with Gasteiger partial charge in [-0.1, -0.05) is 39.8 Å². The van der Waals surface area contributed by atoms with Gasteiger partial charge in [-0.15, -0.1) is 0 Å². The number of benzene rings is 1. The molecule has 1 aromatic rings. The van der Waals surface area contributed by atoms with E-state index in [1.807, 2.05) is 38.1 Å². The van der Waals surface area contributed by atoms with Crippen LogP contribution in [-0.4, -0.2) is 19.4 Å². The van der Waals surface area contributed by atoms with Crippen molar-refractivity contribution in [1.29, 1.82) is 0 Å². The Bertz CT molecular complexity index is 395. The molecule has 0 spiro atoms. The zero-order valence-electron chi connectivity index (χ0n) is 12.5. The fourth-order valence-corrected chi connectivity index (χ4v) is 1.81. The van der Waals surface area contributed by atoms with Crippen LogP contribution in [0, 0.1) is 5.92 Å². The first-order chi connectivity index (χ1) is 8.99. The number of carbonyl (C=O) groups is 1. The van der Waals surface area contributed by atoms with Gasteiger partial charge >= 0.3 is 5.97 Å². The number of rotatable bonds is 6. The van der Waals surface area contributed by atoms with Crippen LogP contribution in [-0.2, 0) is 9.47 Å². The van der Waals surface area contributed by atoms with Gasteiger partial charge in [-0.3, -0.25) is 0 Å². The summed E-state index contributed by atoms with van der Waals surface area (Å²) in [5.41, 5.74) is 1.81. The number of hydrogen-bond donors (Lipinski definition) is 0. The lowest BCUT2D eigenvalue weighted by molar-refractivity contribution is -0.114. The van der Waals surface area contributed by atoms with Crippen molar-refractivity contribution < 1.29 is 14.3 Å². The first-order valence-corrected chi connectivity index (χ1v) is 6.83. The van der Waals surface area contributed by atoms with Crippen molar-refractivity contribution in [1.82, 2.24) is 0 Å². The molecule has 1 rings (SSSR count). The summed E-state index contributed by atoms with van der Waals surface area (Å²) in [5.74, 6) is 0.303. The van der Waals surface area contributed by atoms with Gasteiger partial charge in [0.2, 0.25) is 6.29 Å². The van der Waals surface area contributed by atoms with Gasteiger partial charge in [0.25, 0.3) is 0 Å².